The van der Waals surface area contributed by atoms with E-state index < -0.39 is 11.6 Å². The number of hydrogen-bond acceptors (Lipinski definition) is 1. The molecule has 0 bridgehead atoms. The first kappa shape index (κ1) is 17.2. The molecular weight excluding hydrogens is 342 g/mol. The molecule has 1 aromatic carbocycles. The summed E-state index contributed by atoms with van der Waals surface area (Å²) in [4.78, 5) is 11.7. The van der Waals surface area contributed by atoms with Gasteiger partial charge in [0.25, 0.3) is 0 Å². The highest BCUT2D eigenvalue weighted by Crippen LogP contribution is 2.14. The van der Waals surface area contributed by atoms with Crippen molar-refractivity contribution in [2.24, 2.45) is 0 Å². The highest BCUT2D eigenvalue weighted by Gasteiger charge is 2.10. The summed E-state index contributed by atoms with van der Waals surface area (Å²) >= 11 is 0. The number of carbonyl (C=O) groups excluding carboxylic acids is 1. The largest absolute Gasteiger partial charge is 1.00 e. The van der Waals surface area contributed by atoms with E-state index in [1.54, 1.807) is 0 Å². The predicted molar refractivity (Wildman–Crippen MR) is 71.0 cm³/mol. The molecule has 0 spiro atoms. The van der Waals surface area contributed by atoms with Crippen molar-refractivity contribution in [3.63, 3.8) is 0 Å². The second-order valence-electron chi connectivity index (χ2n) is 4.54. The Bertz CT molecular complexity index is 618. The molecule has 2 aromatic rings. The molecule has 0 radical (unpaired) electrons. The highest BCUT2D eigenvalue weighted by molar-refractivity contribution is 5.90. The minimum atomic E-state index is -0.777. The molecule has 0 saturated heterocycles. The van der Waals surface area contributed by atoms with Gasteiger partial charge in [0.2, 0.25) is 5.91 Å². The van der Waals surface area contributed by atoms with Gasteiger partial charge in [-0.3, -0.25) is 4.79 Å². The number of carbonyl (C=O) groups is 1. The van der Waals surface area contributed by atoms with E-state index in [9.17, 15) is 13.6 Å². The maximum atomic E-state index is 13.4. The van der Waals surface area contributed by atoms with Gasteiger partial charge in [-0.05, 0) is 24.6 Å². The summed E-state index contributed by atoms with van der Waals surface area (Å²) in [5.41, 5.74) is 1.13. The molecule has 1 heterocycles. The summed E-state index contributed by atoms with van der Waals surface area (Å²) in [6.45, 7) is 2.48. The van der Waals surface area contributed by atoms with Gasteiger partial charge in [0.15, 0.2) is 18.9 Å². The lowest BCUT2D eigenvalue weighted by molar-refractivity contribution is -0.695. The number of hydrogen-bond donors (Lipinski definition) is 1. The minimum Gasteiger partial charge on any atom is -1.00 e. The van der Waals surface area contributed by atoms with E-state index in [0.29, 0.717) is 6.54 Å². The number of amides is 1. The minimum absolute atomic E-state index is 0. The maximum Gasteiger partial charge on any atom is 0.230 e. The van der Waals surface area contributed by atoms with Gasteiger partial charge in [-0.2, -0.15) is 0 Å². The van der Waals surface area contributed by atoms with Gasteiger partial charge < -0.3 is 22.3 Å². The Labute approximate surface area is 132 Å². The monoisotopic (exact) mass is 356 g/mol. The summed E-state index contributed by atoms with van der Waals surface area (Å²) in [7, 11) is 0. The molecule has 1 amide bonds. The first-order valence-electron chi connectivity index (χ1n) is 6.25. The van der Waals surface area contributed by atoms with Gasteiger partial charge in [0.1, 0.15) is 11.6 Å². The van der Waals surface area contributed by atoms with Gasteiger partial charge in [-0.1, -0.05) is 0 Å². The fraction of sp³-hybridized carbons (Fsp3) is 0.200. The molecular formula is C15H15BrF2N2O. The third kappa shape index (κ3) is 5.23. The Morgan fingerprint density at radius 2 is 1.86 bits per heavy atom. The molecule has 1 N–H and O–H groups in total. The SMILES string of the molecule is Cc1cc[n+](CCC(=O)Nc2ccc(F)cc2F)cc1.[Br-]. The Morgan fingerprint density at radius 1 is 1.19 bits per heavy atom. The summed E-state index contributed by atoms with van der Waals surface area (Å²) in [5, 5.41) is 2.43. The summed E-state index contributed by atoms with van der Waals surface area (Å²) in [6, 6.07) is 6.94. The molecule has 1 aromatic heterocycles. The van der Waals surface area contributed by atoms with Crippen molar-refractivity contribution in [2.45, 2.75) is 19.9 Å². The normalized spacial score (nSPS) is 9.86. The lowest BCUT2D eigenvalue weighted by Gasteiger charge is -2.05. The zero-order valence-electron chi connectivity index (χ0n) is 11.4. The molecule has 0 atom stereocenters. The smallest absolute Gasteiger partial charge is 0.230 e. The van der Waals surface area contributed by atoms with E-state index in [1.165, 1.54) is 6.07 Å². The van der Waals surface area contributed by atoms with E-state index >= 15 is 0 Å². The molecule has 0 fully saturated rings. The van der Waals surface area contributed by atoms with Crippen molar-refractivity contribution in [3.8, 4) is 0 Å². The third-order valence-corrected chi connectivity index (χ3v) is 2.86. The van der Waals surface area contributed by atoms with Crippen LogP contribution in [0.1, 0.15) is 12.0 Å². The fourth-order valence-electron chi connectivity index (χ4n) is 1.72. The summed E-state index contributed by atoms with van der Waals surface area (Å²) in [5.74, 6) is -1.76. The standard InChI is InChI=1S/C15H14F2N2O.BrH/c1-11-4-7-19(8-5-11)9-6-15(20)18-14-3-2-12(16)10-13(14)17;/h2-5,7-8,10H,6,9H2,1H3;1H. The number of aryl methyl sites for hydroxylation is 2. The quantitative estimate of drug-likeness (QED) is 0.742. The Hall–Kier alpha value is -1.82. The number of nitrogens with zero attached hydrogens (tertiary/aromatic N) is 1. The van der Waals surface area contributed by atoms with Crippen LogP contribution >= 0.6 is 0 Å². The molecule has 112 valence electrons. The van der Waals surface area contributed by atoms with E-state index in [4.69, 9.17) is 0 Å². The van der Waals surface area contributed by atoms with Crippen LogP contribution in [0.4, 0.5) is 14.5 Å². The number of aromatic nitrogens is 1. The molecule has 6 heteroatoms. The number of rotatable bonds is 4. The molecule has 0 unspecified atom stereocenters. The van der Waals surface area contributed by atoms with Crippen LogP contribution in [0.2, 0.25) is 0 Å². The third-order valence-electron chi connectivity index (χ3n) is 2.86. The summed E-state index contributed by atoms with van der Waals surface area (Å²) < 4.78 is 28.0. The molecule has 0 saturated carbocycles. The van der Waals surface area contributed by atoms with Crippen molar-refractivity contribution in [2.75, 3.05) is 5.32 Å². The van der Waals surface area contributed by atoms with E-state index in [2.05, 4.69) is 5.32 Å². The molecule has 0 aliphatic rings. The van der Waals surface area contributed by atoms with Gasteiger partial charge in [0, 0.05) is 18.2 Å². The zero-order chi connectivity index (χ0) is 14.5. The molecule has 0 aliphatic carbocycles. The van der Waals surface area contributed by atoms with Crippen molar-refractivity contribution in [1.82, 2.24) is 0 Å². The predicted octanol–water partition coefficient (Wildman–Crippen LogP) is -0.406. The number of benzene rings is 1. The van der Waals surface area contributed by atoms with Crippen molar-refractivity contribution in [1.29, 1.82) is 0 Å². The number of halogens is 3. The topological polar surface area (TPSA) is 33.0 Å². The second-order valence-corrected chi connectivity index (χ2v) is 4.54. The van der Waals surface area contributed by atoms with Crippen LogP contribution in [0, 0.1) is 18.6 Å². The van der Waals surface area contributed by atoms with Crippen molar-refractivity contribution >= 4 is 11.6 Å². The van der Waals surface area contributed by atoms with Crippen LogP contribution in [0.5, 0.6) is 0 Å². The van der Waals surface area contributed by atoms with Crippen LogP contribution < -0.4 is 26.9 Å². The van der Waals surface area contributed by atoms with Gasteiger partial charge in [0.05, 0.1) is 12.1 Å². The van der Waals surface area contributed by atoms with Gasteiger partial charge >= 0.3 is 0 Å². The van der Waals surface area contributed by atoms with Crippen LogP contribution in [-0.2, 0) is 11.3 Å². The van der Waals surface area contributed by atoms with Crippen LogP contribution in [0.3, 0.4) is 0 Å². The van der Waals surface area contributed by atoms with Crippen LogP contribution in [-0.4, -0.2) is 5.91 Å². The Morgan fingerprint density at radius 3 is 2.48 bits per heavy atom. The van der Waals surface area contributed by atoms with Crippen LogP contribution in [0.25, 0.3) is 0 Å². The zero-order valence-corrected chi connectivity index (χ0v) is 13.0. The van der Waals surface area contributed by atoms with Crippen LogP contribution in [0.15, 0.2) is 42.7 Å². The van der Waals surface area contributed by atoms with Gasteiger partial charge in [-0.15, -0.1) is 0 Å². The maximum absolute atomic E-state index is 13.4. The molecule has 2 rings (SSSR count). The second kappa shape index (κ2) is 7.83. The Kier molecular flexibility index (Phi) is 6.42. The molecule has 0 aliphatic heterocycles. The summed E-state index contributed by atoms with van der Waals surface area (Å²) in [6.07, 6.45) is 3.97. The molecule has 3 nitrogen and oxygen atoms in total. The number of pyridine rings is 1. The first-order chi connectivity index (χ1) is 9.54. The lowest BCUT2D eigenvalue weighted by Crippen LogP contribution is -3.00. The average Bonchev–Trinajstić information content (AvgIpc) is 2.41. The van der Waals surface area contributed by atoms with Gasteiger partial charge in [-0.25, -0.2) is 13.3 Å². The fourth-order valence-corrected chi connectivity index (χ4v) is 1.72. The van der Waals surface area contributed by atoms with Crippen molar-refractivity contribution < 1.29 is 35.1 Å². The number of nitrogens with one attached hydrogen (secondary N) is 1. The van der Waals surface area contributed by atoms with E-state index in [1.807, 2.05) is 36.0 Å². The highest BCUT2D eigenvalue weighted by atomic mass is 79.9. The average molecular weight is 357 g/mol. The Balaban J connectivity index is 0.00000220. The van der Waals surface area contributed by atoms with Crippen molar-refractivity contribution in [3.05, 3.63) is 59.9 Å². The first-order valence-corrected chi connectivity index (χ1v) is 6.25. The lowest BCUT2D eigenvalue weighted by atomic mass is 10.2. The number of anilines is 1. The van der Waals surface area contributed by atoms with E-state index in [0.717, 1.165) is 17.7 Å². The molecule has 21 heavy (non-hydrogen) atoms. The van der Waals surface area contributed by atoms with E-state index in [-0.39, 0.29) is 35.0 Å².